The van der Waals surface area contributed by atoms with Crippen molar-refractivity contribution in [3.63, 3.8) is 0 Å². The minimum atomic E-state index is -1.58. The van der Waals surface area contributed by atoms with E-state index in [-0.39, 0.29) is 12.5 Å². The third-order valence-electron chi connectivity index (χ3n) is 14.1. The van der Waals surface area contributed by atoms with E-state index < -0.39 is 49.5 Å². The Morgan fingerprint density at radius 1 is 0.461 bits per heavy atom. The molecule has 1 saturated heterocycles. The summed E-state index contributed by atoms with van der Waals surface area (Å²) in [7, 11) is 0. The van der Waals surface area contributed by atoms with Gasteiger partial charge in [0.1, 0.15) is 24.4 Å². The van der Waals surface area contributed by atoms with Gasteiger partial charge in [0, 0.05) is 6.42 Å². The van der Waals surface area contributed by atoms with E-state index in [9.17, 15) is 30.3 Å². The molecule has 1 aliphatic rings. The molecule has 7 atom stereocenters. The lowest BCUT2D eigenvalue weighted by atomic mass is 9.99. The largest absolute Gasteiger partial charge is 0.394 e. The van der Waals surface area contributed by atoms with E-state index in [4.69, 9.17) is 9.47 Å². The van der Waals surface area contributed by atoms with Gasteiger partial charge < -0.3 is 40.3 Å². The van der Waals surface area contributed by atoms with Gasteiger partial charge in [-0.2, -0.15) is 0 Å². The molecule has 9 heteroatoms. The molecular formula is C67H115NO8. The van der Waals surface area contributed by atoms with Gasteiger partial charge in [0.2, 0.25) is 5.91 Å². The van der Waals surface area contributed by atoms with Crippen molar-refractivity contribution in [2.24, 2.45) is 0 Å². The molecule has 1 rings (SSSR count). The number of nitrogens with one attached hydrogen (secondary N) is 1. The zero-order valence-corrected chi connectivity index (χ0v) is 48.5. The zero-order chi connectivity index (χ0) is 55.0. The minimum absolute atomic E-state index is 0.204. The van der Waals surface area contributed by atoms with Crippen LogP contribution in [0.1, 0.15) is 251 Å². The molecule has 1 fully saturated rings. The van der Waals surface area contributed by atoms with Crippen molar-refractivity contribution in [2.45, 2.75) is 294 Å². The maximum absolute atomic E-state index is 13.1. The molecule has 0 saturated carbocycles. The molecule has 1 heterocycles. The van der Waals surface area contributed by atoms with Crippen LogP contribution < -0.4 is 5.32 Å². The predicted octanol–water partition coefficient (Wildman–Crippen LogP) is 16.1. The van der Waals surface area contributed by atoms with Crippen LogP contribution in [0, 0.1) is 0 Å². The number of hydrogen-bond acceptors (Lipinski definition) is 8. The van der Waals surface area contributed by atoms with Crippen LogP contribution >= 0.6 is 0 Å². The highest BCUT2D eigenvalue weighted by Gasteiger charge is 2.44. The number of hydrogen-bond donors (Lipinski definition) is 6. The molecule has 0 aromatic carbocycles. The van der Waals surface area contributed by atoms with Gasteiger partial charge in [-0.25, -0.2) is 0 Å². The van der Waals surface area contributed by atoms with Gasteiger partial charge in [0.25, 0.3) is 0 Å². The van der Waals surface area contributed by atoms with E-state index in [0.29, 0.717) is 6.42 Å². The van der Waals surface area contributed by atoms with Crippen LogP contribution in [-0.4, -0.2) is 87.5 Å². The van der Waals surface area contributed by atoms with Crippen molar-refractivity contribution in [2.75, 3.05) is 13.2 Å². The van der Waals surface area contributed by atoms with E-state index >= 15 is 0 Å². The number of ether oxygens (including phenoxy) is 2. The third-order valence-corrected chi connectivity index (χ3v) is 14.1. The number of amides is 1. The van der Waals surface area contributed by atoms with Gasteiger partial charge in [-0.15, -0.1) is 0 Å². The van der Waals surface area contributed by atoms with Crippen LogP contribution in [0.2, 0.25) is 0 Å². The monoisotopic (exact) mass is 1060 g/mol. The molecule has 0 aliphatic carbocycles. The quantitative estimate of drug-likeness (QED) is 0.0261. The smallest absolute Gasteiger partial charge is 0.220 e. The summed E-state index contributed by atoms with van der Waals surface area (Å²) in [5, 5.41) is 54.6. The topological polar surface area (TPSA) is 149 Å². The fourth-order valence-electron chi connectivity index (χ4n) is 9.23. The van der Waals surface area contributed by atoms with Gasteiger partial charge in [-0.05, 0) is 83.5 Å². The first-order valence-corrected chi connectivity index (χ1v) is 31.1. The Bertz CT molecular complexity index is 1560. The van der Waals surface area contributed by atoms with Crippen molar-refractivity contribution >= 4 is 5.91 Å². The number of carbonyl (C=O) groups is 1. The van der Waals surface area contributed by atoms with Crippen LogP contribution in [0.15, 0.2) is 109 Å². The summed E-state index contributed by atoms with van der Waals surface area (Å²) in [6.45, 7) is 3.66. The lowest BCUT2D eigenvalue weighted by Crippen LogP contribution is -2.60. The fourth-order valence-corrected chi connectivity index (χ4v) is 9.23. The maximum atomic E-state index is 13.1. The molecule has 0 radical (unpaired) electrons. The second kappa shape index (κ2) is 55.2. The molecule has 0 aromatic rings. The van der Waals surface area contributed by atoms with Crippen molar-refractivity contribution in [3.05, 3.63) is 109 Å². The van der Waals surface area contributed by atoms with Crippen LogP contribution in [0.5, 0.6) is 0 Å². The second-order valence-corrected chi connectivity index (χ2v) is 21.1. The Morgan fingerprint density at radius 3 is 1.21 bits per heavy atom. The molecule has 9 nitrogen and oxygen atoms in total. The number of aliphatic hydroxyl groups is 5. The van der Waals surface area contributed by atoms with Crippen molar-refractivity contribution < 1.29 is 39.8 Å². The number of unbranched alkanes of at least 4 members (excludes halogenated alkanes) is 26. The lowest BCUT2D eigenvalue weighted by molar-refractivity contribution is -0.302. The fraction of sp³-hybridized carbons (Fsp3) is 0.716. The SMILES string of the molecule is CC/C=C\C/C=C\C/C=C\C/C=C\C/C=C\C/C=C\C/C=C\C/C=C\CCCCCCC(=O)NC(COC1OC(CO)C(O)C(O)C1O)C(O)/C=C/CCCCCCCCCCCCCCCCCCCCCCCC. The average molecular weight is 1060 g/mol. The van der Waals surface area contributed by atoms with Crippen molar-refractivity contribution in [1.29, 1.82) is 0 Å². The van der Waals surface area contributed by atoms with Crippen LogP contribution in [-0.2, 0) is 14.3 Å². The highest BCUT2D eigenvalue weighted by atomic mass is 16.7. The Labute approximate surface area is 466 Å². The Balaban J connectivity index is 2.25. The summed E-state index contributed by atoms with van der Waals surface area (Å²) in [5.74, 6) is -0.204. The van der Waals surface area contributed by atoms with Crippen LogP contribution in [0.3, 0.4) is 0 Å². The average Bonchev–Trinajstić information content (AvgIpc) is 3.42. The van der Waals surface area contributed by atoms with Gasteiger partial charge in [-0.1, -0.05) is 271 Å². The van der Waals surface area contributed by atoms with E-state index in [2.05, 4.69) is 116 Å². The Morgan fingerprint density at radius 2 is 0.816 bits per heavy atom. The van der Waals surface area contributed by atoms with E-state index in [0.717, 1.165) is 103 Å². The van der Waals surface area contributed by atoms with Gasteiger partial charge in [0.05, 0.1) is 25.4 Å². The Hall–Kier alpha value is -3.15. The van der Waals surface area contributed by atoms with Crippen molar-refractivity contribution in [1.82, 2.24) is 5.32 Å². The van der Waals surface area contributed by atoms with E-state index in [1.54, 1.807) is 6.08 Å². The first kappa shape index (κ1) is 70.9. The summed E-state index contributed by atoms with van der Waals surface area (Å²) < 4.78 is 11.3. The molecule has 6 N–H and O–H groups in total. The van der Waals surface area contributed by atoms with Crippen LogP contribution in [0.25, 0.3) is 0 Å². The van der Waals surface area contributed by atoms with Gasteiger partial charge in [-0.3, -0.25) is 4.79 Å². The first-order chi connectivity index (χ1) is 37.3. The van der Waals surface area contributed by atoms with Crippen molar-refractivity contribution in [3.8, 4) is 0 Å². The van der Waals surface area contributed by atoms with Gasteiger partial charge >= 0.3 is 0 Å². The number of carbonyl (C=O) groups excluding carboxylic acids is 1. The third kappa shape index (κ3) is 43.8. The number of aliphatic hydroxyl groups excluding tert-OH is 5. The molecule has 0 spiro atoms. The first-order valence-electron chi connectivity index (χ1n) is 31.1. The highest BCUT2D eigenvalue weighted by molar-refractivity contribution is 5.76. The minimum Gasteiger partial charge on any atom is -0.394 e. The summed E-state index contributed by atoms with van der Waals surface area (Å²) in [5.41, 5.74) is 0. The standard InChI is InChI=1S/C67H115NO8/c1-3-5-7-9-11-13-15-17-19-21-23-25-27-29-30-31-32-33-35-37-39-41-43-45-47-49-51-53-55-57-63(71)68-60(59-75-67-66(74)65(73)64(72)62(58-69)76-67)61(70)56-54-52-50-48-46-44-42-40-38-36-34-28-26-24-22-20-18-16-14-12-10-8-6-4-2/h5,7,11,13,17,19,23,25,29-30,32-33,37,39,43,45,54,56,60-62,64-67,69-70,72-74H,3-4,6,8-10,12,14-16,18,20-22,24,26-28,31,34-36,38,40-42,44,46-53,55,57-59H2,1-2H3,(H,68,71)/b7-5-,13-11-,19-17-,25-23-,30-29-,33-32-,39-37-,45-43-,56-54+. The van der Waals surface area contributed by atoms with E-state index in [1.165, 1.54) is 128 Å². The summed E-state index contributed by atoms with van der Waals surface area (Å²) in [6, 6.07) is -0.828. The highest BCUT2D eigenvalue weighted by Crippen LogP contribution is 2.23. The number of allylic oxidation sites excluding steroid dienone is 17. The predicted molar refractivity (Wildman–Crippen MR) is 322 cm³/mol. The molecule has 1 aliphatic heterocycles. The molecule has 0 aromatic heterocycles. The normalized spacial score (nSPS) is 19.6. The molecular weight excluding hydrogens is 947 g/mol. The molecule has 436 valence electrons. The molecule has 0 bridgehead atoms. The lowest BCUT2D eigenvalue weighted by Gasteiger charge is -2.40. The molecule has 1 amide bonds. The summed E-state index contributed by atoms with van der Waals surface area (Å²) in [4.78, 5) is 13.1. The zero-order valence-electron chi connectivity index (χ0n) is 48.5. The van der Waals surface area contributed by atoms with Gasteiger partial charge in [0.15, 0.2) is 6.29 Å². The second-order valence-electron chi connectivity index (χ2n) is 21.1. The number of rotatable bonds is 52. The molecule has 7 unspecified atom stereocenters. The summed E-state index contributed by atoms with van der Waals surface area (Å²) in [6.07, 6.45) is 74.4. The summed E-state index contributed by atoms with van der Waals surface area (Å²) >= 11 is 0. The van der Waals surface area contributed by atoms with Crippen LogP contribution in [0.4, 0.5) is 0 Å². The molecule has 76 heavy (non-hydrogen) atoms. The van der Waals surface area contributed by atoms with E-state index in [1.807, 2.05) is 6.08 Å². The maximum Gasteiger partial charge on any atom is 0.220 e. The Kier molecular flexibility index (Phi) is 51.4.